The Labute approximate surface area is 147 Å². The second-order valence-electron chi connectivity index (χ2n) is 6.27. The normalized spacial score (nSPS) is 17.5. The minimum absolute atomic E-state index is 0. The van der Waals surface area contributed by atoms with E-state index in [0.29, 0.717) is 17.1 Å². The number of fused-ring (bicyclic) bond motifs is 1. The average molecular weight is 352 g/mol. The predicted octanol–water partition coefficient (Wildman–Crippen LogP) is 3.60. The van der Waals surface area contributed by atoms with E-state index < -0.39 is 5.91 Å². The summed E-state index contributed by atoms with van der Waals surface area (Å²) < 4.78 is 14.9. The lowest BCUT2D eigenvalue weighted by atomic mass is 9.87. The maximum absolute atomic E-state index is 14.9. The molecule has 1 unspecified atom stereocenters. The number of primary amides is 1. The quantitative estimate of drug-likeness (QED) is 0.790. The molecule has 1 aromatic heterocycles. The average Bonchev–Trinajstić information content (AvgIpc) is 2.82. The number of H-pyrrole nitrogens is 1. The SMILES string of the molecule is CNC1CCC=C(c2c(F)cc(C(N)=O)c3[nH]c(C)c(C)c23)C1.Cl. The molecule has 1 aliphatic carbocycles. The van der Waals surface area contributed by atoms with Crippen molar-refractivity contribution < 1.29 is 9.18 Å². The number of aryl methyl sites for hydroxylation is 2. The molecule has 6 heteroatoms. The predicted molar refractivity (Wildman–Crippen MR) is 98.2 cm³/mol. The van der Waals surface area contributed by atoms with Crippen molar-refractivity contribution in [3.63, 3.8) is 0 Å². The summed E-state index contributed by atoms with van der Waals surface area (Å²) in [6.45, 7) is 3.87. The number of carbonyl (C=O) groups excluding carboxylic acids is 1. The molecular weight excluding hydrogens is 329 g/mol. The zero-order valence-corrected chi connectivity index (χ0v) is 14.9. The zero-order chi connectivity index (χ0) is 16.7. The van der Waals surface area contributed by atoms with Gasteiger partial charge in [-0.25, -0.2) is 4.39 Å². The highest BCUT2D eigenvalue weighted by molar-refractivity contribution is 6.09. The second-order valence-corrected chi connectivity index (χ2v) is 6.27. The van der Waals surface area contributed by atoms with Gasteiger partial charge in [0.25, 0.3) is 5.91 Å². The number of hydrogen-bond acceptors (Lipinski definition) is 2. The Hall–Kier alpha value is -1.85. The van der Waals surface area contributed by atoms with Crippen molar-refractivity contribution in [1.82, 2.24) is 10.3 Å². The molecule has 0 spiro atoms. The molecule has 24 heavy (non-hydrogen) atoms. The lowest BCUT2D eigenvalue weighted by Gasteiger charge is -2.23. The van der Waals surface area contributed by atoms with Crippen molar-refractivity contribution in [3.8, 4) is 0 Å². The van der Waals surface area contributed by atoms with Crippen LogP contribution in [0.15, 0.2) is 12.1 Å². The first-order valence-corrected chi connectivity index (χ1v) is 7.91. The first-order valence-electron chi connectivity index (χ1n) is 7.91. The lowest BCUT2D eigenvalue weighted by Crippen LogP contribution is -2.27. The molecule has 4 nitrogen and oxygen atoms in total. The Morgan fingerprint density at radius 2 is 2.12 bits per heavy atom. The highest BCUT2D eigenvalue weighted by Crippen LogP contribution is 2.37. The van der Waals surface area contributed by atoms with Crippen LogP contribution in [0.3, 0.4) is 0 Å². The molecule has 0 saturated carbocycles. The first kappa shape index (κ1) is 18.5. The Morgan fingerprint density at radius 1 is 1.42 bits per heavy atom. The maximum Gasteiger partial charge on any atom is 0.250 e. The Kier molecular flexibility index (Phi) is 5.35. The van der Waals surface area contributed by atoms with Crippen LogP contribution in [0.1, 0.15) is 46.4 Å². The van der Waals surface area contributed by atoms with Gasteiger partial charge in [-0.15, -0.1) is 12.4 Å². The summed E-state index contributed by atoms with van der Waals surface area (Å²) in [5.74, 6) is -0.996. The number of hydrogen-bond donors (Lipinski definition) is 3. The largest absolute Gasteiger partial charge is 0.366 e. The topological polar surface area (TPSA) is 70.9 Å². The molecule has 1 amide bonds. The van der Waals surface area contributed by atoms with E-state index in [0.717, 1.165) is 41.5 Å². The fourth-order valence-electron chi connectivity index (χ4n) is 3.49. The van der Waals surface area contributed by atoms with E-state index in [1.165, 1.54) is 6.07 Å². The molecule has 3 rings (SSSR count). The molecule has 0 aliphatic heterocycles. The number of aromatic amines is 1. The van der Waals surface area contributed by atoms with Crippen LogP contribution in [0.25, 0.3) is 16.5 Å². The van der Waals surface area contributed by atoms with E-state index in [1.807, 2.05) is 20.9 Å². The van der Waals surface area contributed by atoms with Crippen molar-refractivity contribution in [3.05, 3.63) is 40.3 Å². The Balaban J connectivity index is 0.00000208. The third-order valence-electron chi connectivity index (χ3n) is 4.90. The highest BCUT2D eigenvalue weighted by atomic mass is 35.5. The van der Waals surface area contributed by atoms with Crippen LogP contribution in [0.4, 0.5) is 4.39 Å². The van der Waals surface area contributed by atoms with Crippen molar-refractivity contribution in [2.45, 2.75) is 39.2 Å². The molecule has 0 radical (unpaired) electrons. The van der Waals surface area contributed by atoms with Crippen molar-refractivity contribution in [1.29, 1.82) is 0 Å². The third-order valence-corrected chi connectivity index (χ3v) is 4.90. The maximum atomic E-state index is 14.9. The molecule has 2 aromatic rings. The van der Waals surface area contributed by atoms with E-state index in [2.05, 4.69) is 16.4 Å². The number of aromatic nitrogens is 1. The monoisotopic (exact) mass is 351 g/mol. The van der Waals surface area contributed by atoms with Gasteiger partial charge in [-0.05, 0) is 57.4 Å². The molecule has 0 saturated heterocycles. The molecule has 1 aliphatic rings. The summed E-state index contributed by atoms with van der Waals surface area (Å²) in [5.41, 5.74) is 9.76. The number of rotatable bonds is 3. The Bertz CT molecular complexity index is 826. The molecule has 1 heterocycles. The summed E-state index contributed by atoms with van der Waals surface area (Å²) in [6, 6.07) is 1.61. The van der Waals surface area contributed by atoms with Crippen molar-refractivity contribution in [2.75, 3.05) is 7.05 Å². The number of amides is 1. The summed E-state index contributed by atoms with van der Waals surface area (Å²) in [7, 11) is 1.93. The van der Waals surface area contributed by atoms with Gasteiger partial charge in [0, 0.05) is 22.7 Å². The standard InChI is InChI=1S/C18H22FN3O.ClH/c1-9-10(2)22-17-13(18(20)23)8-14(19)16(15(9)17)11-5-4-6-12(7-11)21-3;/h5,8,12,21-22H,4,6-7H2,1-3H3,(H2,20,23);1H. The summed E-state index contributed by atoms with van der Waals surface area (Å²) in [5, 5.41) is 4.05. The van der Waals surface area contributed by atoms with E-state index in [1.54, 1.807) is 0 Å². The lowest BCUT2D eigenvalue weighted by molar-refractivity contribution is 0.100. The van der Waals surface area contributed by atoms with Gasteiger partial charge in [0.15, 0.2) is 0 Å². The minimum atomic E-state index is -0.618. The van der Waals surface area contributed by atoms with Crippen molar-refractivity contribution in [2.24, 2.45) is 5.73 Å². The van der Waals surface area contributed by atoms with Gasteiger partial charge in [0.05, 0.1) is 11.1 Å². The molecular formula is C18H23ClFN3O. The fraction of sp³-hybridized carbons (Fsp3) is 0.389. The highest BCUT2D eigenvalue weighted by Gasteiger charge is 2.24. The van der Waals surface area contributed by atoms with Gasteiger partial charge in [-0.1, -0.05) is 6.08 Å². The molecule has 0 bridgehead atoms. The fourth-order valence-corrected chi connectivity index (χ4v) is 3.49. The molecule has 1 atom stereocenters. The van der Waals surface area contributed by atoms with Crippen LogP contribution in [0.2, 0.25) is 0 Å². The van der Waals surface area contributed by atoms with Gasteiger partial charge in [-0.2, -0.15) is 0 Å². The molecule has 1 aromatic carbocycles. The van der Waals surface area contributed by atoms with Gasteiger partial charge in [0.2, 0.25) is 0 Å². The number of nitrogens with one attached hydrogen (secondary N) is 2. The molecule has 130 valence electrons. The Morgan fingerprint density at radius 3 is 2.75 bits per heavy atom. The number of nitrogens with two attached hydrogens (primary N) is 1. The zero-order valence-electron chi connectivity index (χ0n) is 14.1. The van der Waals surface area contributed by atoms with Crippen LogP contribution in [-0.2, 0) is 0 Å². The summed E-state index contributed by atoms with van der Waals surface area (Å²) in [4.78, 5) is 14.9. The summed E-state index contributed by atoms with van der Waals surface area (Å²) in [6.07, 6.45) is 4.86. The minimum Gasteiger partial charge on any atom is -0.366 e. The van der Waals surface area contributed by atoms with Gasteiger partial charge < -0.3 is 16.0 Å². The van der Waals surface area contributed by atoms with Crippen molar-refractivity contribution >= 4 is 34.8 Å². The van der Waals surface area contributed by atoms with Crippen LogP contribution in [0, 0.1) is 19.7 Å². The van der Waals surface area contributed by atoms with E-state index in [-0.39, 0.29) is 23.8 Å². The van der Waals surface area contributed by atoms with Gasteiger partial charge in [-0.3, -0.25) is 4.79 Å². The van der Waals surface area contributed by atoms with E-state index in [9.17, 15) is 9.18 Å². The number of allylic oxidation sites excluding steroid dienone is 1. The number of benzene rings is 1. The van der Waals surface area contributed by atoms with E-state index >= 15 is 0 Å². The van der Waals surface area contributed by atoms with Gasteiger partial charge in [0.1, 0.15) is 5.82 Å². The molecule has 0 fully saturated rings. The van der Waals surface area contributed by atoms with Crippen LogP contribution < -0.4 is 11.1 Å². The third kappa shape index (κ3) is 2.94. The van der Waals surface area contributed by atoms with Crippen LogP contribution >= 0.6 is 12.4 Å². The molecule has 4 N–H and O–H groups in total. The van der Waals surface area contributed by atoms with E-state index in [4.69, 9.17) is 5.73 Å². The number of halogens is 2. The number of carbonyl (C=O) groups is 1. The van der Waals surface area contributed by atoms with Gasteiger partial charge >= 0.3 is 0 Å². The second kappa shape index (κ2) is 6.95. The van der Waals surface area contributed by atoms with Crippen LogP contribution in [-0.4, -0.2) is 24.0 Å². The smallest absolute Gasteiger partial charge is 0.250 e. The first-order chi connectivity index (χ1) is 10.9. The summed E-state index contributed by atoms with van der Waals surface area (Å²) >= 11 is 0. The van der Waals surface area contributed by atoms with Crippen LogP contribution in [0.5, 0.6) is 0 Å².